The molecule has 1 aliphatic heterocycles. The first-order valence-corrected chi connectivity index (χ1v) is 14.2. The van der Waals surface area contributed by atoms with Gasteiger partial charge in [0.05, 0.1) is 24.8 Å². The van der Waals surface area contributed by atoms with Crippen LogP contribution in [0.4, 0.5) is 4.39 Å². The van der Waals surface area contributed by atoms with Crippen LogP contribution in [0, 0.1) is 12.3 Å². The molecule has 1 aliphatic carbocycles. The number of benzene rings is 1. The molecule has 11 heteroatoms. The highest BCUT2D eigenvalue weighted by Crippen LogP contribution is 2.37. The fraction of sp³-hybridized carbons (Fsp3) is 0.387. The van der Waals surface area contributed by atoms with E-state index >= 15 is 0 Å². The summed E-state index contributed by atoms with van der Waals surface area (Å²) in [6, 6.07) is 8.56. The molecule has 1 saturated carbocycles. The Morgan fingerprint density at radius 1 is 1.24 bits per heavy atom. The van der Waals surface area contributed by atoms with E-state index < -0.39 is 23.0 Å². The van der Waals surface area contributed by atoms with Gasteiger partial charge >= 0.3 is 0 Å². The molecule has 4 aromatic rings. The van der Waals surface area contributed by atoms with Crippen LogP contribution in [-0.4, -0.2) is 54.6 Å². The van der Waals surface area contributed by atoms with E-state index in [1.54, 1.807) is 43.5 Å². The molecule has 2 amide bonds. The summed E-state index contributed by atoms with van der Waals surface area (Å²) >= 11 is 5.96. The number of pyridine rings is 2. The van der Waals surface area contributed by atoms with Crippen LogP contribution in [0.1, 0.15) is 60.8 Å². The highest BCUT2D eigenvalue weighted by molar-refractivity contribution is 6.30. The third-order valence-electron chi connectivity index (χ3n) is 7.75. The fourth-order valence-corrected chi connectivity index (χ4v) is 5.55. The average molecular weight is 591 g/mol. The Kier molecular flexibility index (Phi) is 8.06. The molecule has 218 valence electrons. The van der Waals surface area contributed by atoms with Crippen molar-refractivity contribution in [2.24, 2.45) is 7.05 Å². The molecule has 1 N–H and O–H groups in total. The molecule has 42 heavy (non-hydrogen) atoms. The normalized spacial score (nSPS) is 15.8. The third-order valence-corrected chi connectivity index (χ3v) is 8.00. The van der Waals surface area contributed by atoms with Crippen molar-refractivity contribution < 1.29 is 14.0 Å². The summed E-state index contributed by atoms with van der Waals surface area (Å²) in [6.45, 7) is 2.85. The number of likely N-dealkylation sites (tertiary alicyclic amines) is 1. The summed E-state index contributed by atoms with van der Waals surface area (Å²) in [5.74, 6) is 2.57. The van der Waals surface area contributed by atoms with E-state index in [9.17, 15) is 18.8 Å². The number of carbonyl (C=O) groups excluding carboxylic acids is 2. The van der Waals surface area contributed by atoms with Gasteiger partial charge in [-0.05, 0) is 50.5 Å². The van der Waals surface area contributed by atoms with Crippen LogP contribution < -0.4 is 10.9 Å². The number of aryl methyl sites for hydroxylation is 1. The van der Waals surface area contributed by atoms with Gasteiger partial charge in [-0.1, -0.05) is 30.2 Å². The van der Waals surface area contributed by atoms with Gasteiger partial charge in [0.25, 0.3) is 11.5 Å². The number of rotatable bonds is 6. The molecular weight excluding hydrogens is 559 g/mol. The first-order chi connectivity index (χ1) is 20.0. The van der Waals surface area contributed by atoms with Crippen molar-refractivity contribution in [1.29, 1.82) is 0 Å². The first-order valence-electron chi connectivity index (χ1n) is 13.8. The number of nitrogens with zero attached hydrogens (tertiary/aromatic N) is 5. The Morgan fingerprint density at radius 2 is 1.90 bits per heavy atom. The number of carbonyl (C=O) groups is 2. The summed E-state index contributed by atoms with van der Waals surface area (Å²) in [7, 11) is 1.92. The zero-order valence-electron chi connectivity index (χ0n) is 23.8. The summed E-state index contributed by atoms with van der Waals surface area (Å²) in [5, 5.41) is 3.93. The maximum absolute atomic E-state index is 14.1. The molecule has 3 aromatic heterocycles. The van der Waals surface area contributed by atoms with E-state index in [4.69, 9.17) is 16.6 Å². The summed E-state index contributed by atoms with van der Waals surface area (Å²) < 4.78 is 17.3. The van der Waals surface area contributed by atoms with Crippen LogP contribution in [0.15, 0.2) is 41.3 Å². The Morgan fingerprint density at radius 3 is 2.50 bits per heavy atom. The van der Waals surface area contributed by atoms with Crippen LogP contribution in [0.5, 0.6) is 0 Å². The number of terminal acetylenes is 1. The lowest BCUT2D eigenvalue weighted by atomic mass is 9.85. The van der Waals surface area contributed by atoms with E-state index in [2.05, 4.69) is 22.6 Å². The Labute approximate surface area is 247 Å². The van der Waals surface area contributed by atoms with Crippen molar-refractivity contribution in [1.82, 2.24) is 29.3 Å². The Bertz CT molecular complexity index is 1780. The Hall–Kier alpha value is -4.23. The van der Waals surface area contributed by atoms with Gasteiger partial charge in [0.1, 0.15) is 34.8 Å². The van der Waals surface area contributed by atoms with Crippen molar-refractivity contribution in [2.45, 2.75) is 57.8 Å². The van der Waals surface area contributed by atoms with Gasteiger partial charge in [0, 0.05) is 29.9 Å². The lowest BCUT2D eigenvalue weighted by Gasteiger charge is -2.42. The second-order valence-corrected chi connectivity index (χ2v) is 11.5. The van der Waals surface area contributed by atoms with Crippen molar-refractivity contribution in [3.05, 3.63) is 68.9 Å². The summed E-state index contributed by atoms with van der Waals surface area (Å²) in [5.41, 5.74) is 0.314. The monoisotopic (exact) mass is 590 g/mol. The van der Waals surface area contributed by atoms with Crippen LogP contribution in [0.25, 0.3) is 22.1 Å². The second-order valence-electron chi connectivity index (χ2n) is 11.1. The zero-order valence-corrected chi connectivity index (χ0v) is 24.5. The van der Waals surface area contributed by atoms with Crippen LogP contribution >= 0.6 is 11.6 Å². The molecule has 1 aromatic carbocycles. The molecule has 2 fully saturated rings. The lowest BCUT2D eigenvalue weighted by molar-refractivity contribution is -0.144. The van der Waals surface area contributed by atoms with E-state index in [1.165, 1.54) is 16.4 Å². The molecule has 0 unspecified atom stereocenters. The number of amides is 2. The van der Waals surface area contributed by atoms with Gasteiger partial charge in [0.15, 0.2) is 0 Å². The molecule has 9 nitrogen and oxygen atoms in total. The third kappa shape index (κ3) is 5.61. The summed E-state index contributed by atoms with van der Waals surface area (Å²) in [6.07, 6.45) is 9.47. The number of imidazole rings is 1. The minimum Gasteiger partial charge on any atom is -0.348 e. The van der Waals surface area contributed by atoms with Gasteiger partial charge < -0.3 is 14.8 Å². The number of halogens is 2. The van der Waals surface area contributed by atoms with Crippen molar-refractivity contribution in [3.63, 3.8) is 0 Å². The molecule has 0 atom stereocenters. The predicted octanol–water partition coefficient (Wildman–Crippen LogP) is 4.34. The fourth-order valence-electron chi connectivity index (χ4n) is 5.42. The minimum absolute atomic E-state index is 0.0378. The number of fused-ring (bicyclic) bond motifs is 3. The predicted molar refractivity (Wildman–Crippen MR) is 160 cm³/mol. The lowest BCUT2D eigenvalue weighted by Crippen LogP contribution is -2.60. The SMILES string of the molecule is C#CC.Cn1c(C2CCC2)nc2cnc3c(cc(C(=O)NCc4ccc(Cl)cc4)c(=O)n3CC(=O)N3CC(C)(F)C3)c21. The van der Waals surface area contributed by atoms with Gasteiger partial charge in [0.2, 0.25) is 5.91 Å². The van der Waals surface area contributed by atoms with Gasteiger partial charge in [-0.3, -0.25) is 19.0 Å². The minimum atomic E-state index is -1.44. The number of hydrogen-bond acceptors (Lipinski definition) is 5. The van der Waals surface area contributed by atoms with Crippen LogP contribution in [0.2, 0.25) is 5.02 Å². The van der Waals surface area contributed by atoms with Crippen LogP contribution in [0.3, 0.4) is 0 Å². The molecule has 0 bridgehead atoms. The van der Waals surface area contributed by atoms with E-state index in [1.807, 2.05) is 11.6 Å². The molecule has 4 heterocycles. The van der Waals surface area contributed by atoms with Gasteiger partial charge in [-0.2, -0.15) is 0 Å². The van der Waals surface area contributed by atoms with E-state index in [0.717, 1.165) is 36.2 Å². The quantitative estimate of drug-likeness (QED) is 0.337. The van der Waals surface area contributed by atoms with Crippen molar-refractivity contribution in [3.8, 4) is 12.3 Å². The number of aromatic nitrogens is 4. The number of hydrogen-bond donors (Lipinski definition) is 1. The number of alkyl halides is 1. The molecular formula is C31H32ClFN6O3. The largest absolute Gasteiger partial charge is 0.348 e. The summed E-state index contributed by atoms with van der Waals surface area (Å²) in [4.78, 5) is 50.7. The first kappa shape index (κ1) is 29.3. The maximum atomic E-state index is 14.1. The van der Waals surface area contributed by atoms with Gasteiger partial charge in [-0.15, -0.1) is 12.3 Å². The maximum Gasteiger partial charge on any atom is 0.265 e. The van der Waals surface area contributed by atoms with Crippen molar-refractivity contribution >= 4 is 45.5 Å². The van der Waals surface area contributed by atoms with Crippen molar-refractivity contribution in [2.75, 3.05) is 13.1 Å². The molecule has 6 rings (SSSR count). The average Bonchev–Trinajstić information content (AvgIpc) is 3.23. The zero-order chi connectivity index (χ0) is 30.2. The molecule has 2 aliphatic rings. The standard InChI is InChI=1S/C28H28ClFN6O3.C3H4/c1-28(30)14-35(15-28)22(37)13-36-25-19(23-21(12-31-25)33-24(34(23)2)17-4-3-5-17)10-20(27(36)39)26(38)32-11-16-6-8-18(29)9-7-16;1-3-2/h6-10,12,17H,3-5,11,13-15H2,1-2H3,(H,32,38);1H,2H3. The molecule has 0 spiro atoms. The van der Waals surface area contributed by atoms with E-state index in [0.29, 0.717) is 21.8 Å². The van der Waals surface area contributed by atoms with Gasteiger partial charge in [-0.25, -0.2) is 14.4 Å². The molecule has 1 saturated heterocycles. The van der Waals surface area contributed by atoms with Crippen LogP contribution in [-0.2, 0) is 24.9 Å². The number of nitrogens with one attached hydrogen (secondary N) is 1. The highest BCUT2D eigenvalue weighted by atomic mass is 35.5. The second kappa shape index (κ2) is 11.6. The van der Waals surface area contributed by atoms with E-state index in [-0.39, 0.29) is 37.4 Å². The molecule has 0 radical (unpaired) electrons. The Balaban J connectivity index is 0.00000113. The highest BCUT2D eigenvalue weighted by Gasteiger charge is 2.41. The topological polar surface area (TPSA) is 102 Å². The smallest absolute Gasteiger partial charge is 0.265 e.